The van der Waals surface area contributed by atoms with E-state index in [4.69, 9.17) is 11.6 Å². The van der Waals surface area contributed by atoms with E-state index in [1.165, 1.54) is 29.2 Å². The number of benzene rings is 2. The SMILES string of the molecule is O=C(CCS(=O)(=O)c1ccc(Cl)cc1)N[C@H]1CCSc2ccccc21. The van der Waals surface area contributed by atoms with Gasteiger partial charge in [0.25, 0.3) is 0 Å². The highest BCUT2D eigenvalue weighted by molar-refractivity contribution is 7.99. The van der Waals surface area contributed by atoms with Crippen LogP contribution < -0.4 is 5.32 Å². The quantitative estimate of drug-likeness (QED) is 0.834. The highest BCUT2D eigenvalue weighted by Crippen LogP contribution is 2.35. The average Bonchev–Trinajstić information content (AvgIpc) is 2.61. The molecule has 0 unspecified atom stereocenters. The molecule has 1 amide bonds. The first-order valence-corrected chi connectivity index (χ1v) is 11.0. The van der Waals surface area contributed by atoms with Gasteiger partial charge in [0, 0.05) is 22.1 Å². The lowest BCUT2D eigenvalue weighted by Crippen LogP contribution is -2.31. The fourth-order valence-electron chi connectivity index (χ4n) is 2.75. The predicted molar refractivity (Wildman–Crippen MR) is 101 cm³/mol. The molecule has 1 heterocycles. The van der Waals surface area contributed by atoms with Crippen LogP contribution >= 0.6 is 23.4 Å². The van der Waals surface area contributed by atoms with Gasteiger partial charge in [0.15, 0.2) is 9.84 Å². The number of carbonyl (C=O) groups is 1. The summed E-state index contributed by atoms with van der Waals surface area (Å²) in [4.78, 5) is 13.6. The van der Waals surface area contributed by atoms with Gasteiger partial charge in [0.05, 0.1) is 16.7 Å². The number of thioether (sulfide) groups is 1. The van der Waals surface area contributed by atoms with Gasteiger partial charge in [0.1, 0.15) is 0 Å². The number of halogens is 1. The maximum absolute atomic E-state index is 12.3. The van der Waals surface area contributed by atoms with Gasteiger partial charge in [0.2, 0.25) is 5.91 Å². The van der Waals surface area contributed by atoms with Crippen molar-refractivity contribution in [3.05, 3.63) is 59.1 Å². The lowest BCUT2D eigenvalue weighted by atomic mass is 10.0. The van der Waals surface area contributed by atoms with Gasteiger partial charge in [-0.3, -0.25) is 4.79 Å². The molecule has 0 saturated heterocycles. The van der Waals surface area contributed by atoms with Crippen molar-refractivity contribution in [2.24, 2.45) is 0 Å². The first-order chi connectivity index (χ1) is 12.0. The summed E-state index contributed by atoms with van der Waals surface area (Å²) < 4.78 is 24.6. The van der Waals surface area contributed by atoms with Gasteiger partial charge in [-0.1, -0.05) is 29.8 Å². The molecule has 3 rings (SSSR count). The van der Waals surface area contributed by atoms with Gasteiger partial charge in [-0.25, -0.2) is 8.42 Å². The second-order valence-electron chi connectivity index (χ2n) is 5.82. The summed E-state index contributed by atoms with van der Waals surface area (Å²) in [6.07, 6.45) is 0.786. The molecule has 1 aliphatic rings. The highest BCUT2D eigenvalue weighted by Gasteiger charge is 2.23. The van der Waals surface area contributed by atoms with Crippen LogP contribution in [0.1, 0.15) is 24.4 Å². The Morgan fingerprint density at radius 2 is 1.88 bits per heavy atom. The minimum absolute atomic E-state index is 0.0526. The number of carbonyl (C=O) groups excluding carboxylic acids is 1. The minimum atomic E-state index is -3.50. The van der Waals surface area contributed by atoms with E-state index >= 15 is 0 Å². The normalized spacial score (nSPS) is 16.9. The van der Waals surface area contributed by atoms with Crippen molar-refractivity contribution in [3.8, 4) is 0 Å². The molecule has 0 radical (unpaired) electrons. The molecule has 0 spiro atoms. The number of fused-ring (bicyclic) bond motifs is 1. The van der Waals surface area contributed by atoms with Crippen LogP contribution in [0.25, 0.3) is 0 Å². The number of rotatable bonds is 5. The van der Waals surface area contributed by atoms with Crippen molar-refractivity contribution in [3.63, 3.8) is 0 Å². The van der Waals surface area contributed by atoms with Gasteiger partial charge in [-0.2, -0.15) is 0 Å². The lowest BCUT2D eigenvalue weighted by Gasteiger charge is -2.25. The van der Waals surface area contributed by atoms with E-state index in [2.05, 4.69) is 5.32 Å². The van der Waals surface area contributed by atoms with Crippen molar-refractivity contribution < 1.29 is 13.2 Å². The number of hydrogen-bond acceptors (Lipinski definition) is 4. The average molecular weight is 396 g/mol. The second-order valence-corrected chi connectivity index (χ2v) is 9.50. The Balaban J connectivity index is 1.61. The summed E-state index contributed by atoms with van der Waals surface area (Å²) >= 11 is 7.56. The zero-order chi connectivity index (χ0) is 17.9. The number of nitrogens with one attached hydrogen (secondary N) is 1. The summed E-state index contributed by atoms with van der Waals surface area (Å²) in [5.74, 6) is 0.471. The molecule has 0 aromatic heterocycles. The summed E-state index contributed by atoms with van der Waals surface area (Å²) in [5, 5.41) is 3.45. The summed E-state index contributed by atoms with van der Waals surface area (Å²) in [6, 6.07) is 13.9. The number of amides is 1. The third kappa shape index (κ3) is 4.57. The van der Waals surface area contributed by atoms with E-state index in [1.54, 1.807) is 11.8 Å². The van der Waals surface area contributed by atoms with Crippen molar-refractivity contribution in [1.82, 2.24) is 5.32 Å². The molecule has 1 N–H and O–H groups in total. The maximum atomic E-state index is 12.3. The van der Waals surface area contributed by atoms with E-state index in [9.17, 15) is 13.2 Å². The molecule has 7 heteroatoms. The van der Waals surface area contributed by atoms with E-state index in [1.807, 2.05) is 24.3 Å². The van der Waals surface area contributed by atoms with Crippen LogP contribution in [0, 0.1) is 0 Å². The molecular weight excluding hydrogens is 378 g/mol. The first kappa shape index (κ1) is 18.3. The number of hydrogen-bond donors (Lipinski definition) is 1. The largest absolute Gasteiger partial charge is 0.349 e. The second kappa shape index (κ2) is 7.81. The maximum Gasteiger partial charge on any atom is 0.221 e. The van der Waals surface area contributed by atoms with Crippen LogP contribution in [-0.4, -0.2) is 25.8 Å². The van der Waals surface area contributed by atoms with Gasteiger partial charge in [-0.15, -0.1) is 11.8 Å². The Morgan fingerprint density at radius 3 is 2.64 bits per heavy atom. The molecule has 0 fully saturated rings. The fraction of sp³-hybridized carbons (Fsp3) is 0.278. The summed E-state index contributed by atoms with van der Waals surface area (Å²) in [5.41, 5.74) is 1.10. The van der Waals surface area contributed by atoms with Crippen LogP contribution in [0.4, 0.5) is 0 Å². The first-order valence-electron chi connectivity index (χ1n) is 7.95. The van der Waals surface area contributed by atoms with E-state index < -0.39 is 9.84 Å². The topological polar surface area (TPSA) is 63.2 Å². The van der Waals surface area contributed by atoms with Crippen molar-refractivity contribution in [2.75, 3.05) is 11.5 Å². The van der Waals surface area contributed by atoms with Crippen molar-refractivity contribution >= 4 is 39.1 Å². The molecule has 1 aliphatic heterocycles. The van der Waals surface area contributed by atoms with Crippen LogP contribution in [0.3, 0.4) is 0 Å². The fourth-order valence-corrected chi connectivity index (χ4v) is 5.24. The molecule has 4 nitrogen and oxygen atoms in total. The minimum Gasteiger partial charge on any atom is -0.349 e. The molecule has 0 saturated carbocycles. The molecule has 0 aliphatic carbocycles. The summed E-state index contributed by atoms with van der Waals surface area (Å²) in [7, 11) is -3.50. The van der Waals surface area contributed by atoms with Crippen LogP contribution in [0.2, 0.25) is 5.02 Å². The monoisotopic (exact) mass is 395 g/mol. The Hall–Kier alpha value is -1.50. The van der Waals surface area contributed by atoms with Gasteiger partial charge < -0.3 is 5.32 Å². The molecule has 0 bridgehead atoms. The van der Waals surface area contributed by atoms with Gasteiger partial charge >= 0.3 is 0 Å². The zero-order valence-corrected chi connectivity index (χ0v) is 15.8. The molecule has 132 valence electrons. The van der Waals surface area contributed by atoms with Crippen molar-refractivity contribution in [2.45, 2.75) is 28.7 Å². The molecule has 1 atom stereocenters. The Labute approximate surface area is 156 Å². The van der Waals surface area contributed by atoms with Crippen LogP contribution in [0.15, 0.2) is 58.3 Å². The Morgan fingerprint density at radius 1 is 1.16 bits per heavy atom. The van der Waals surface area contributed by atoms with E-state index in [0.717, 1.165) is 17.7 Å². The summed E-state index contributed by atoms with van der Waals surface area (Å²) in [6.45, 7) is 0. The highest BCUT2D eigenvalue weighted by atomic mass is 35.5. The molecule has 2 aromatic rings. The molecule has 2 aromatic carbocycles. The molecular formula is C18H18ClNO3S2. The Kier molecular flexibility index (Phi) is 5.71. The molecule has 25 heavy (non-hydrogen) atoms. The Bertz CT molecular complexity index is 866. The van der Waals surface area contributed by atoms with E-state index in [0.29, 0.717) is 5.02 Å². The third-order valence-electron chi connectivity index (χ3n) is 4.06. The lowest BCUT2D eigenvalue weighted by molar-refractivity contribution is -0.121. The van der Waals surface area contributed by atoms with Crippen LogP contribution in [0.5, 0.6) is 0 Å². The standard InChI is InChI=1S/C18H18ClNO3S2/c19-13-5-7-14(8-6-13)25(22,23)12-10-18(21)20-16-9-11-24-17-4-2-1-3-15(16)17/h1-8,16H,9-12H2,(H,20,21)/t16-/m0/s1. The zero-order valence-electron chi connectivity index (χ0n) is 13.4. The van der Waals surface area contributed by atoms with E-state index in [-0.39, 0.29) is 29.0 Å². The van der Waals surface area contributed by atoms with Crippen LogP contribution in [-0.2, 0) is 14.6 Å². The van der Waals surface area contributed by atoms with Gasteiger partial charge in [-0.05, 0) is 42.3 Å². The predicted octanol–water partition coefficient (Wildman–Crippen LogP) is 3.86. The third-order valence-corrected chi connectivity index (χ3v) is 7.17. The van der Waals surface area contributed by atoms with Crippen molar-refractivity contribution in [1.29, 1.82) is 0 Å². The smallest absolute Gasteiger partial charge is 0.221 e. The number of sulfone groups is 1.